The van der Waals surface area contributed by atoms with Crippen LogP contribution in [0.4, 0.5) is 0 Å². The van der Waals surface area contributed by atoms with E-state index in [2.05, 4.69) is 6.92 Å². The Labute approximate surface area is 95.2 Å². The monoisotopic (exact) mass is 226 g/mol. The van der Waals surface area contributed by atoms with Crippen LogP contribution in [0.5, 0.6) is 0 Å². The van der Waals surface area contributed by atoms with Gasteiger partial charge in [-0.2, -0.15) is 0 Å². The molecule has 1 aromatic carbocycles. The molecular formula is C12H15ClO2. The lowest BCUT2D eigenvalue weighted by Gasteiger charge is -2.04. The molecule has 0 heterocycles. The van der Waals surface area contributed by atoms with Crippen molar-refractivity contribution >= 4 is 17.4 Å². The Bertz CT molecular complexity index is 323. The first-order valence-corrected chi connectivity index (χ1v) is 5.49. The van der Waals surface area contributed by atoms with Crippen LogP contribution in [0.2, 0.25) is 5.02 Å². The highest BCUT2D eigenvalue weighted by Crippen LogP contribution is 2.15. The van der Waals surface area contributed by atoms with Gasteiger partial charge in [-0.25, -0.2) is 0 Å². The van der Waals surface area contributed by atoms with Crippen molar-refractivity contribution in [2.24, 2.45) is 0 Å². The molecule has 3 heteroatoms. The predicted molar refractivity (Wildman–Crippen MR) is 61.5 cm³/mol. The smallest absolute Gasteiger partial charge is 0.189 e. The van der Waals surface area contributed by atoms with Gasteiger partial charge in [0.15, 0.2) is 5.78 Å². The summed E-state index contributed by atoms with van der Waals surface area (Å²) in [4.78, 5) is 11.6. The van der Waals surface area contributed by atoms with Gasteiger partial charge >= 0.3 is 0 Å². The predicted octanol–water partition coefficient (Wildman–Crippen LogP) is 3.34. The minimum absolute atomic E-state index is 0.0586. The SMILES string of the molecule is CCCCOCC(=O)c1ccccc1Cl. The van der Waals surface area contributed by atoms with Gasteiger partial charge in [-0.3, -0.25) is 4.79 Å². The number of halogens is 1. The molecule has 0 unspecified atom stereocenters. The Morgan fingerprint density at radius 3 is 2.80 bits per heavy atom. The molecule has 2 nitrogen and oxygen atoms in total. The molecule has 1 rings (SSSR count). The second-order valence-electron chi connectivity index (χ2n) is 3.31. The zero-order valence-corrected chi connectivity index (χ0v) is 9.59. The highest BCUT2D eigenvalue weighted by molar-refractivity contribution is 6.34. The van der Waals surface area contributed by atoms with Crippen molar-refractivity contribution in [2.75, 3.05) is 13.2 Å². The van der Waals surface area contributed by atoms with Gasteiger partial charge in [0.2, 0.25) is 0 Å². The first-order chi connectivity index (χ1) is 7.25. The molecule has 0 fully saturated rings. The van der Waals surface area contributed by atoms with E-state index < -0.39 is 0 Å². The van der Waals surface area contributed by atoms with Gasteiger partial charge in [-0.05, 0) is 18.6 Å². The van der Waals surface area contributed by atoms with Crippen molar-refractivity contribution in [3.63, 3.8) is 0 Å². The van der Waals surface area contributed by atoms with Crippen LogP contribution in [0, 0.1) is 0 Å². The quantitative estimate of drug-likeness (QED) is 0.549. The molecule has 0 amide bonds. The largest absolute Gasteiger partial charge is 0.373 e. The van der Waals surface area contributed by atoms with Crippen LogP contribution in [0.1, 0.15) is 30.1 Å². The van der Waals surface area contributed by atoms with Crippen molar-refractivity contribution in [1.29, 1.82) is 0 Å². The van der Waals surface area contributed by atoms with Crippen LogP contribution in [-0.4, -0.2) is 19.0 Å². The van der Waals surface area contributed by atoms with Crippen LogP contribution in [0.3, 0.4) is 0 Å². The molecule has 0 radical (unpaired) electrons. The molecule has 0 aromatic heterocycles. The van der Waals surface area contributed by atoms with Crippen molar-refractivity contribution in [2.45, 2.75) is 19.8 Å². The van der Waals surface area contributed by atoms with E-state index in [1.54, 1.807) is 24.3 Å². The van der Waals surface area contributed by atoms with Gasteiger partial charge in [-0.1, -0.05) is 37.1 Å². The molecule has 1 aromatic rings. The maximum atomic E-state index is 11.6. The van der Waals surface area contributed by atoms with Gasteiger partial charge in [0.25, 0.3) is 0 Å². The molecule has 0 aliphatic rings. The lowest BCUT2D eigenvalue weighted by molar-refractivity contribution is 0.0755. The summed E-state index contributed by atoms with van der Waals surface area (Å²) in [6.07, 6.45) is 2.05. The topological polar surface area (TPSA) is 26.3 Å². The Balaban J connectivity index is 2.44. The fourth-order valence-electron chi connectivity index (χ4n) is 1.18. The maximum Gasteiger partial charge on any atom is 0.189 e. The third-order valence-electron chi connectivity index (χ3n) is 2.05. The number of hydrogen-bond donors (Lipinski definition) is 0. The lowest BCUT2D eigenvalue weighted by atomic mass is 10.1. The summed E-state index contributed by atoms with van der Waals surface area (Å²) >= 11 is 5.88. The number of ketones is 1. The standard InChI is InChI=1S/C12H15ClO2/c1-2-3-8-15-9-12(14)10-6-4-5-7-11(10)13/h4-7H,2-3,8-9H2,1H3. The zero-order valence-electron chi connectivity index (χ0n) is 8.83. The molecule has 82 valence electrons. The molecule has 0 aliphatic heterocycles. The number of benzene rings is 1. The van der Waals surface area contributed by atoms with Crippen molar-refractivity contribution in [3.8, 4) is 0 Å². The summed E-state index contributed by atoms with van der Waals surface area (Å²) in [6.45, 7) is 2.83. The van der Waals surface area contributed by atoms with E-state index in [0.717, 1.165) is 12.8 Å². The summed E-state index contributed by atoms with van der Waals surface area (Å²) in [6, 6.07) is 7.02. The second kappa shape index (κ2) is 6.59. The van der Waals surface area contributed by atoms with E-state index in [-0.39, 0.29) is 12.4 Å². The van der Waals surface area contributed by atoms with E-state index in [1.807, 2.05) is 0 Å². The van der Waals surface area contributed by atoms with Gasteiger partial charge in [0.05, 0.1) is 5.02 Å². The Morgan fingerprint density at radius 2 is 2.13 bits per heavy atom. The molecule has 0 atom stereocenters. The van der Waals surface area contributed by atoms with E-state index >= 15 is 0 Å². The highest BCUT2D eigenvalue weighted by Gasteiger charge is 2.08. The number of carbonyl (C=O) groups is 1. The minimum atomic E-state index is -0.0586. The van der Waals surface area contributed by atoms with Crippen LogP contribution in [0.25, 0.3) is 0 Å². The second-order valence-corrected chi connectivity index (χ2v) is 3.72. The van der Waals surface area contributed by atoms with Gasteiger partial charge in [0.1, 0.15) is 6.61 Å². The first kappa shape index (κ1) is 12.2. The Hall–Kier alpha value is -0.860. The molecule has 0 N–H and O–H groups in total. The van der Waals surface area contributed by atoms with Crippen molar-refractivity contribution < 1.29 is 9.53 Å². The van der Waals surface area contributed by atoms with Crippen molar-refractivity contribution in [1.82, 2.24) is 0 Å². The van der Waals surface area contributed by atoms with Crippen LogP contribution in [0.15, 0.2) is 24.3 Å². The summed E-state index contributed by atoms with van der Waals surface area (Å²) < 4.78 is 5.24. The summed E-state index contributed by atoms with van der Waals surface area (Å²) in [7, 11) is 0. The van der Waals surface area contributed by atoms with E-state index in [1.165, 1.54) is 0 Å². The van der Waals surface area contributed by atoms with E-state index in [9.17, 15) is 4.79 Å². The number of unbranched alkanes of at least 4 members (excludes halogenated alkanes) is 1. The number of hydrogen-bond acceptors (Lipinski definition) is 2. The first-order valence-electron chi connectivity index (χ1n) is 5.11. The molecule has 0 aliphatic carbocycles. The zero-order chi connectivity index (χ0) is 11.1. The Kier molecular flexibility index (Phi) is 5.37. The normalized spacial score (nSPS) is 10.3. The number of rotatable bonds is 6. The van der Waals surface area contributed by atoms with E-state index in [0.29, 0.717) is 17.2 Å². The third kappa shape index (κ3) is 4.02. The minimum Gasteiger partial charge on any atom is -0.373 e. The van der Waals surface area contributed by atoms with Crippen LogP contribution < -0.4 is 0 Å². The fourth-order valence-corrected chi connectivity index (χ4v) is 1.42. The maximum absolute atomic E-state index is 11.6. The summed E-state index contributed by atoms with van der Waals surface area (Å²) in [5, 5.41) is 0.488. The fraction of sp³-hybridized carbons (Fsp3) is 0.417. The molecule has 0 saturated carbocycles. The average molecular weight is 227 g/mol. The lowest BCUT2D eigenvalue weighted by Crippen LogP contribution is -2.10. The average Bonchev–Trinajstić information content (AvgIpc) is 2.25. The molecule has 0 bridgehead atoms. The highest BCUT2D eigenvalue weighted by atomic mass is 35.5. The number of carbonyl (C=O) groups excluding carboxylic acids is 1. The summed E-state index contributed by atoms with van der Waals surface area (Å²) in [5.41, 5.74) is 0.538. The number of Topliss-reactive ketones (excluding diaryl/α,β-unsaturated/α-hetero) is 1. The van der Waals surface area contributed by atoms with Crippen LogP contribution >= 0.6 is 11.6 Å². The molecular weight excluding hydrogens is 212 g/mol. The molecule has 0 saturated heterocycles. The van der Waals surface area contributed by atoms with Crippen molar-refractivity contribution in [3.05, 3.63) is 34.9 Å². The van der Waals surface area contributed by atoms with Gasteiger partial charge in [-0.15, -0.1) is 0 Å². The molecule has 0 spiro atoms. The van der Waals surface area contributed by atoms with E-state index in [4.69, 9.17) is 16.3 Å². The van der Waals surface area contributed by atoms with Gasteiger partial charge < -0.3 is 4.74 Å². The summed E-state index contributed by atoms with van der Waals surface area (Å²) in [5.74, 6) is -0.0586. The molecule has 15 heavy (non-hydrogen) atoms. The van der Waals surface area contributed by atoms with Gasteiger partial charge in [0, 0.05) is 12.2 Å². The van der Waals surface area contributed by atoms with Crippen LogP contribution in [-0.2, 0) is 4.74 Å². The third-order valence-corrected chi connectivity index (χ3v) is 2.38. The Morgan fingerprint density at radius 1 is 1.40 bits per heavy atom. The number of ether oxygens (including phenoxy) is 1.